The summed E-state index contributed by atoms with van der Waals surface area (Å²) in [5.41, 5.74) is 0.740. The molecule has 0 heterocycles. The van der Waals surface area contributed by atoms with Crippen LogP contribution in [0.3, 0.4) is 0 Å². The van der Waals surface area contributed by atoms with E-state index in [0.717, 1.165) is 0 Å². The van der Waals surface area contributed by atoms with Crippen molar-refractivity contribution in [2.45, 2.75) is 58.3 Å². The average Bonchev–Trinajstić information content (AvgIpc) is 2.88. The van der Waals surface area contributed by atoms with Gasteiger partial charge in [0.25, 0.3) is 0 Å². The van der Waals surface area contributed by atoms with Gasteiger partial charge < -0.3 is 34.6 Å². The third-order valence-electron chi connectivity index (χ3n) is 6.05. The molecule has 212 valence electrons. The van der Waals surface area contributed by atoms with Crippen LogP contribution in [0.2, 0.25) is 0 Å². The number of amides is 2. The molecule has 2 rings (SSSR count). The number of carbonyl (C=O) groups is 3. The number of rotatable bonds is 15. The minimum Gasteiger partial charge on any atom is -0.493 e. The molecule has 38 heavy (non-hydrogen) atoms. The number of nitrogens with one attached hydrogen (secondary N) is 1. The molecule has 0 radical (unpaired) electrons. The Balaban J connectivity index is 2.47. The molecule has 0 bridgehead atoms. The third-order valence-corrected chi connectivity index (χ3v) is 6.85. The number of carbonyl (C=O) groups excluding carboxylic acids is 3. The van der Waals surface area contributed by atoms with Gasteiger partial charge in [-0.1, -0.05) is 13.8 Å². The number of aliphatic hydroxyl groups excluding tert-OH is 2. The molecule has 2 amide bonds. The lowest BCUT2D eigenvalue weighted by Crippen LogP contribution is -2.55. The highest BCUT2D eigenvalue weighted by atomic mass is 127. The standard InChI is InChI=1S/C27H39IN2O8/c1-5-37-10-6-8-30(24(33)11-17(2)3)21-14-19(27(35)29-7-9-31)15-22(25(21)34)38-26-20(28)12-18(16-32)13-23(26)36-4/h12-13,15-17,21-22,25,31,34H,5-11,14H2,1-4H3,(H,29,35)/t21-,22+,25+/m1/s1. The Morgan fingerprint density at radius 2 is 2.05 bits per heavy atom. The molecule has 0 aliphatic heterocycles. The zero-order chi connectivity index (χ0) is 28.2. The minimum atomic E-state index is -1.15. The molecule has 1 aromatic carbocycles. The largest absolute Gasteiger partial charge is 0.493 e. The number of methoxy groups -OCH3 is 1. The van der Waals surface area contributed by atoms with Crippen molar-refractivity contribution in [3.8, 4) is 11.5 Å². The van der Waals surface area contributed by atoms with Crippen LogP contribution in [0.5, 0.6) is 11.5 Å². The van der Waals surface area contributed by atoms with Gasteiger partial charge in [0.1, 0.15) is 18.5 Å². The lowest BCUT2D eigenvalue weighted by molar-refractivity contribution is -0.139. The third kappa shape index (κ3) is 8.92. The maximum atomic E-state index is 13.3. The van der Waals surface area contributed by atoms with Crippen molar-refractivity contribution in [1.82, 2.24) is 10.2 Å². The second-order valence-electron chi connectivity index (χ2n) is 9.40. The highest BCUT2D eigenvalue weighted by Crippen LogP contribution is 2.37. The van der Waals surface area contributed by atoms with Gasteiger partial charge in [0, 0.05) is 50.3 Å². The molecule has 10 nitrogen and oxygen atoms in total. The molecule has 11 heteroatoms. The smallest absolute Gasteiger partial charge is 0.247 e. The summed E-state index contributed by atoms with van der Waals surface area (Å²) in [6.45, 7) is 7.01. The van der Waals surface area contributed by atoms with Gasteiger partial charge in [-0.3, -0.25) is 14.4 Å². The van der Waals surface area contributed by atoms with Crippen LogP contribution < -0.4 is 14.8 Å². The molecule has 0 saturated carbocycles. The van der Waals surface area contributed by atoms with E-state index in [-0.39, 0.29) is 37.8 Å². The van der Waals surface area contributed by atoms with E-state index in [2.05, 4.69) is 5.32 Å². The Morgan fingerprint density at radius 3 is 2.66 bits per heavy atom. The zero-order valence-electron chi connectivity index (χ0n) is 22.4. The average molecular weight is 647 g/mol. The maximum Gasteiger partial charge on any atom is 0.247 e. The molecule has 0 unspecified atom stereocenters. The van der Waals surface area contributed by atoms with Crippen LogP contribution in [0.1, 0.15) is 50.4 Å². The summed E-state index contributed by atoms with van der Waals surface area (Å²) >= 11 is 2.02. The SMILES string of the molecule is CCOCCCN(C(=O)CC(C)C)[C@@H]1CC(C(=O)NCCO)=C[C@H](Oc2c(I)cc(C=O)cc2OC)[C@H]1O. The minimum absolute atomic E-state index is 0.0676. The Morgan fingerprint density at radius 1 is 1.32 bits per heavy atom. The molecule has 0 spiro atoms. The first-order valence-electron chi connectivity index (χ1n) is 12.8. The summed E-state index contributed by atoms with van der Waals surface area (Å²) in [5.74, 6) is 0.185. The number of aliphatic hydroxyl groups is 2. The van der Waals surface area contributed by atoms with E-state index in [1.54, 1.807) is 17.0 Å². The molecule has 3 atom stereocenters. The number of hydrogen-bond acceptors (Lipinski definition) is 8. The van der Waals surface area contributed by atoms with Gasteiger partial charge in [0.2, 0.25) is 11.8 Å². The van der Waals surface area contributed by atoms with Gasteiger partial charge in [-0.25, -0.2) is 0 Å². The van der Waals surface area contributed by atoms with Crippen LogP contribution in [0, 0.1) is 9.49 Å². The van der Waals surface area contributed by atoms with Gasteiger partial charge in [-0.15, -0.1) is 0 Å². The van der Waals surface area contributed by atoms with Crippen LogP contribution in [-0.2, 0) is 14.3 Å². The van der Waals surface area contributed by atoms with Crippen molar-refractivity contribution in [3.05, 3.63) is 32.9 Å². The second kappa shape index (κ2) is 16.0. The van der Waals surface area contributed by atoms with Crippen LogP contribution >= 0.6 is 22.6 Å². The number of aldehydes is 1. The molecule has 0 saturated heterocycles. The maximum absolute atomic E-state index is 13.3. The van der Waals surface area contributed by atoms with E-state index in [1.807, 2.05) is 43.4 Å². The number of ether oxygens (including phenoxy) is 3. The summed E-state index contributed by atoms with van der Waals surface area (Å²) in [4.78, 5) is 39.2. The van der Waals surface area contributed by atoms with E-state index in [9.17, 15) is 19.5 Å². The number of hydrogen-bond donors (Lipinski definition) is 3. The van der Waals surface area contributed by atoms with Crippen LogP contribution in [-0.4, -0.2) is 91.5 Å². The molecule has 1 aliphatic carbocycles. The van der Waals surface area contributed by atoms with Gasteiger partial charge in [0.15, 0.2) is 11.5 Å². The Labute approximate surface area is 237 Å². The van der Waals surface area contributed by atoms with Crippen LogP contribution in [0.25, 0.3) is 0 Å². The van der Waals surface area contributed by atoms with Crippen molar-refractivity contribution >= 4 is 40.7 Å². The number of benzene rings is 1. The highest BCUT2D eigenvalue weighted by Gasteiger charge is 2.40. The van der Waals surface area contributed by atoms with Gasteiger partial charge in [-0.2, -0.15) is 0 Å². The first-order chi connectivity index (χ1) is 18.2. The zero-order valence-corrected chi connectivity index (χ0v) is 24.6. The van der Waals surface area contributed by atoms with Gasteiger partial charge in [-0.05, 0) is 60.1 Å². The van der Waals surface area contributed by atoms with Crippen molar-refractivity contribution in [2.24, 2.45) is 5.92 Å². The number of nitrogens with zero attached hydrogens (tertiary/aromatic N) is 1. The topological polar surface area (TPSA) is 135 Å². The molecule has 1 aromatic rings. The highest BCUT2D eigenvalue weighted by molar-refractivity contribution is 14.1. The van der Waals surface area contributed by atoms with Crippen LogP contribution in [0.15, 0.2) is 23.8 Å². The summed E-state index contributed by atoms with van der Waals surface area (Å²) in [5, 5.41) is 23.3. The Hall–Kier alpha value is -2.22. The van der Waals surface area contributed by atoms with Crippen molar-refractivity contribution in [3.63, 3.8) is 0 Å². The van der Waals surface area contributed by atoms with Crippen molar-refractivity contribution in [2.75, 3.05) is 40.0 Å². The lowest BCUT2D eigenvalue weighted by atomic mass is 9.87. The predicted molar refractivity (Wildman–Crippen MR) is 150 cm³/mol. The summed E-state index contributed by atoms with van der Waals surface area (Å²) in [6, 6.07) is 2.43. The first-order valence-corrected chi connectivity index (χ1v) is 13.9. The quantitative estimate of drug-likeness (QED) is 0.150. The Kier molecular flexibility index (Phi) is 13.5. The molecule has 1 aliphatic rings. The van der Waals surface area contributed by atoms with Crippen molar-refractivity contribution in [1.29, 1.82) is 0 Å². The van der Waals surface area contributed by atoms with E-state index < -0.39 is 24.2 Å². The van der Waals surface area contributed by atoms with E-state index in [4.69, 9.17) is 19.3 Å². The molecule has 0 fully saturated rings. The normalized spacial score (nSPS) is 19.1. The van der Waals surface area contributed by atoms with E-state index >= 15 is 0 Å². The predicted octanol–water partition coefficient (Wildman–Crippen LogP) is 2.33. The van der Waals surface area contributed by atoms with Gasteiger partial charge >= 0.3 is 0 Å². The molecular weight excluding hydrogens is 607 g/mol. The van der Waals surface area contributed by atoms with Gasteiger partial charge in [0.05, 0.1) is 23.3 Å². The van der Waals surface area contributed by atoms with E-state index in [0.29, 0.717) is 58.7 Å². The van der Waals surface area contributed by atoms with Crippen molar-refractivity contribution < 1.29 is 38.8 Å². The Bertz CT molecular complexity index is 984. The first kappa shape index (κ1) is 32.0. The summed E-state index contributed by atoms with van der Waals surface area (Å²) in [7, 11) is 1.45. The van der Waals surface area contributed by atoms with Crippen LogP contribution in [0.4, 0.5) is 0 Å². The fourth-order valence-electron chi connectivity index (χ4n) is 4.26. The fourth-order valence-corrected chi connectivity index (χ4v) is 5.01. The molecular formula is C27H39IN2O8. The fraction of sp³-hybridized carbons (Fsp3) is 0.593. The van der Waals surface area contributed by atoms with E-state index in [1.165, 1.54) is 13.2 Å². The second-order valence-corrected chi connectivity index (χ2v) is 10.6. The number of halogens is 1. The lowest BCUT2D eigenvalue weighted by Gasteiger charge is -2.41. The summed E-state index contributed by atoms with van der Waals surface area (Å²) in [6.07, 6.45) is 1.08. The molecule has 3 N–H and O–H groups in total. The molecule has 0 aromatic heterocycles. The monoisotopic (exact) mass is 646 g/mol. The summed E-state index contributed by atoms with van der Waals surface area (Å²) < 4.78 is 17.7.